The van der Waals surface area contributed by atoms with Crippen LogP contribution >= 0.6 is 11.3 Å². The minimum absolute atomic E-state index is 0.564. The maximum Gasteiger partial charge on any atom is 0.228 e. The van der Waals surface area contributed by atoms with E-state index in [1.165, 1.54) is 11.3 Å². The van der Waals surface area contributed by atoms with E-state index in [4.69, 9.17) is 19.6 Å². The maximum absolute atomic E-state index is 6.04. The van der Waals surface area contributed by atoms with Crippen LogP contribution in [-0.4, -0.2) is 33.8 Å². The van der Waals surface area contributed by atoms with Crippen molar-refractivity contribution in [3.8, 4) is 45.1 Å². The van der Waals surface area contributed by atoms with Crippen molar-refractivity contribution < 1.29 is 9.47 Å². The van der Waals surface area contributed by atoms with Gasteiger partial charge in [-0.25, -0.2) is 9.97 Å². The maximum atomic E-state index is 6.04. The molecule has 6 rings (SSSR count). The number of aromatic nitrogens is 4. The Hall–Kier alpha value is -4.69. The van der Waals surface area contributed by atoms with E-state index < -0.39 is 0 Å². The first-order chi connectivity index (χ1) is 18.3. The van der Waals surface area contributed by atoms with Crippen LogP contribution in [0.25, 0.3) is 39.2 Å². The molecule has 0 saturated heterocycles. The highest BCUT2D eigenvalue weighted by atomic mass is 32.1. The van der Waals surface area contributed by atoms with Gasteiger partial charge in [-0.3, -0.25) is 0 Å². The van der Waals surface area contributed by atoms with Crippen LogP contribution in [0.2, 0.25) is 0 Å². The van der Waals surface area contributed by atoms with Crippen LogP contribution in [0.3, 0.4) is 0 Å². The Balaban J connectivity index is 1.69. The molecule has 0 bridgehead atoms. The summed E-state index contributed by atoms with van der Waals surface area (Å²) in [6.07, 6.45) is 1.76. The van der Waals surface area contributed by atoms with Gasteiger partial charge in [-0.2, -0.15) is 9.61 Å². The average Bonchev–Trinajstić information content (AvgIpc) is 3.61. The van der Waals surface area contributed by atoms with Gasteiger partial charge in [0.25, 0.3) is 0 Å². The third kappa shape index (κ3) is 4.17. The molecule has 0 fully saturated rings. The molecule has 0 atom stereocenters. The summed E-state index contributed by atoms with van der Waals surface area (Å²) >= 11 is 1.50. The van der Waals surface area contributed by atoms with E-state index in [0.717, 1.165) is 44.4 Å². The first-order valence-corrected chi connectivity index (χ1v) is 12.6. The molecule has 7 nitrogen and oxygen atoms in total. The van der Waals surface area contributed by atoms with Gasteiger partial charge in [-0.15, -0.1) is 11.3 Å². The zero-order valence-electron chi connectivity index (χ0n) is 20.3. The van der Waals surface area contributed by atoms with E-state index in [0.29, 0.717) is 17.3 Å². The average molecular weight is 506 g/mol. The van der Waals surface area contributed by atoms with E-state index in [9.17, 15) is 0 Å². The van der Waals surface area contributed by atoms with Crippen LogP contribution in [0.5, 0.6) is 11.6 Å². The normalized spacial score (nSPS) is 11.0. The Morgan fingerprint density at radius 3 is 2.05 bits per heavy atom. The largest absolute Gasteiger partial charge is 0.497 e. The summed E-state index contributed by atoms with van der Waals surface area (Å²) in [5.74, 6) is 1.96. The standard InChI is InChI=1S/C29H23N5O2S/c1-35-22-15-13-20(14-16-22)24-26(32-29-30-17-18-37-29)31-27-23(19-9-5-3-6-10-19)25(21-11-7-4-8-12-21)33-34(27)28(24)36-2/h3-18H,1-2H3,(H,30,31,32). The minimum Gasteiger partial charge on any atom is -0.497 e. The van der Waals surface area contributed by atoms with Crippen molar-refractivity contribution in [1.29, 1.82) is 0 Å². The molecule has 3 heterocycles. The Morgan fingerprint density at radius 2 is 1.43 bits per heavy atom. The number of methoxy groups -OCH3 is 2. The third-order valence-electron chi connectivity index (χ3n) is 6.06. The fourth-order valence-corrected chi connectivity index (χ4v) is 4.90. The molecule has 3 aromatic heterocycles. The molecule has 3 aromatic carbocycles. The number of hydrogen-bond acceptors (Lipinski definition) is 7. The molecule has 0 radical (unpaired) electrons. The van der Waals surface area contributed by atoms with Crippen molar-refractivity contribution in [3.05, 3.63) is 96.5 Å². The second-order valence-electron chi connectivity index (χ2n) is 8.23. The SMILES string of the molecule is COc1ccc(-c2c(Nc3nccs3)nc3c(-c4ccccc4)c(-c4ccccc4)nn3c2OC)cc1. The van der Waals surface area contributed by atoms with E-state index in [-0.39, 0.29) is 0 Å². The van der Waals surface area contributed by atoms with Gasteiger partial charge >= 0.3 is 0 Å². The van der Waals surface area contributed by atoms with Crippen molar-refractivity contribution >= 4 is 27.9 Å². The van der Waals surface area contributed by atoms with Crippen molar-refractivity contribution in [2.75, 3.05) is 19.5 Å². The van der Waals surface area contributed by atoms with Crippen LogP contribution in [0.15, 0.2) is 96.5 Å². The highest BCUT2D eigenvalue weighted by Crippen LogP contribution is 2.43. The molecule has 0 aliphatic carbocycles. The Morgan fingerprint density at radius 1 is 0.757 bits per heavy atom. The molecule has 182 valence electrons. The summed E-state index contributed by atoms with van der Waals surface area (Å²) in [5, 5.41) is 11.1. The zero-order chi connectivity index (χ0) is 25.2. The highest BCUT2D eigenvalue weighted by molar-refractivity contribution is 7.13. The number of rotatable bonds is 7. The predicted molar refractivity (Wildman–Crippen MR) is 148 cm³/mol. The molecule has 0 amide bonds. The molecule has 0 unspecified atom stereocenters. The van der Waals surface area contributed by atoms with E-state index >= 15 is 0 Å². The Labute approximate surface area is 218 Å². The second-order valence-corrected chi connectivity index (χ2v) is 9.12. The van der Waals surface area contributed by atoms with Crippen molar-refractivity contribution in [2.24, 2.45) is 0 Å². The summed E-state index contributed by atoms with van der Waals surface area (Å²) in [6.45, 7) is 0. The van der Waals surface area contributed by atoms with Crippen molar-refractivity contribution in [2.45, 2.75) is 0 Å². The van der Waals surface area contributed by atoms with Gasteiger partial charge in [-0.1, -0.05) is 72.8 Å². The summed E-state index contributed by atoms with van der Waals surface area (Å²) in [4.78, 5) is 9.57. The molecular weight excluding hydrogens is 482 g/mol. The minimum atomic E-state index is 0.564. The Kier molecular flexibility index (Phi) is 6.00. The number of benzene rings is 3. The number of hydrogen-bond donors (Lipinski definition) is 1. The van der Waals surface area contributed by atoms with Crippen LogP contribution < -0.4 is 14.8 Å². The van der Waals surface area contributed by atoms with Gasteiger partial charge in [0.05, 0.1) is 25.3 Å². The van der Waals surface area contributed by atoms with Gasteiger partial charge in [0, 0.05) is 17.1 Å². The molecular formula is C29H23N5O2S. The summed E-state index contributed by atoms with van der Waals surface area (Å²) in [5.41, 5.74) is 6.12. The summed E-state index contributed by atoms with van der Waals surface area (Å²) < 4.78 is 13.2. The number of fused-ring (bicyclic) bond motifs is 1. The van der Waals surface area contributed by atoms with E-state index in [1.54, 1.807) is 24.9 Å². The lowest BCUT2D eigenvalue weighted by molar-refractivity contribution is 0.387. The molecule has 1 N–H and O–H groups in total. The van der Waals surface area contributed by atoms with Crippen molar-refractivity contribution in [1.82, 2.24) is 19.6 Å². The fraction of sp³-hybridized carbons (Fsp3) is 0.0690. The molecule has 8 heteroatoms. The molecule has 6 aromatic rings. The number of thiazole rings is 1. The molecule has 0 spiro atoms. The number of ether oxygens (including phenoxy) is 2. The lowest BCUT2D eigenvalue weighted by Crippen LogP contribution is -2.06. The van der Waals surface area contributed by atoms with Crippen molar-refractivity contribution in [3.63, 3.8) is 0 Å². The molecule has 37 heavy (non-hydrogen) atoms. The Bertz CT molecular complexity index is 1650. The monoisotopic (exact) mass is 505 g/mol. The van der Waals surface area contributed by atoms with Gasteiger partial charge in [-0.05, 0) is 23.3 Å². The summed E-state index contributed by atoms with van der Waals surface area (Å²) in [7, 11) is 3.31. The lowest BCUT2D eigenvalue weighted by atomic mass is 10.0. The quantitative estimate of drug-likeness (QED) is 0.253. The second kappa shape index (κ2) is 9.75. The van der Waals surface area contributed by atoms with Crippen LogP contribution in [0.1, 0.15) is 0 Å². The fourth-order valence-electron chi connectivity index (χ4n) is 4.38. The van der Waals surface area contributed by atoms with E-state index in [2.05, 4.69) is 34.6 Å². The van der Waals surface area contributed by atoms with E-state index in [1.807, 2.05) is 66.0 Å². The molecule has 0 aliphatic heterocycles. The number of nitrogens with zero attached hydrogens (tertiary/aromatic N) is 4. The summed E-state index contributed by atoms with van der Waals surface area (Å²) in [6, 6.07) is 28.1. The van der Waals surface area contributed by atoms with Crippen LogP contribution in [0, 0.1) is 0 Å². The van der Waals surface area contributed by atoms with Gasteiger partial charge < -0.3 is 14.8 Å². The number of nitrogens with one attached hydrogen (secondary N) is 1. The van der Waals surface area contributed by atoms with Crippen LogP contribution in [0.4, 0.5) is 10.9 Å². The first kappa shape index (κ1) is 22.8. The molecule has 0 saturated carbocycles. The van der Waals surface area contributed by atoms with Crippen LogP contribution in [-0.2, 0) is 0 Å². The third-order valence-corrected chi connectivity index (χ3v) is 6.75. The van der Waals surface area contributed by atoms with Gasteiger partial charge in [0.1, 0.15) is 17.3 Å². The topological polar surface area (TPSA) is 73.6 Å². The highest BCUT2D eigenvalue weighted by Gasteiger charge is 2.25. The molecule has 0 aliphatic rings. The first-order valence-electron chi connectivity index (χ1n) is 11.7. The number of anilines is 2. The smallest absolute Gasteiger partial charge is 0.228 e. The van der Waals surface area contributed by atoms with Gasteiger partial charge in [0.2, 0.25) is 5.88 Å². The predicted octanol–water partition coefficient (Wildman–Crippen LogP) is 6.95. The lowest BCUT2D eigenvalue weighted by Gasteiger charge is -2.16. The van der Waals surface area contributed by atoms with Gasteiger partial charge in [0.15, 0.2) is 10.8 Å². The zero-order valence-corrected chi connectivity index (χ0v) is 21.1.